The predicted octanol–water partition coefficient (Wildman–Crippen LogP) is 6.40. The Labute approximate surface area is 231 Å². The van der Waals surface area contributed by atoms with E-state index >= 15 is 0 Å². The smallest absolute Gasteiger partial charge is 0.240 e. The molecule has 0 amide bonds. The second-order valence-corrected chi connectivity index (χ2v) is 11.7. The van der Waals surface area contributed by atoms with Gasteiger partial charge in [-0.15, -0.1) is 0 Å². The molecule has 1 atom stereocenters. The van der Waals surface area contributed by atoms with Crippen LogP contribution in [0, 0.1) is 27.7 Å². The molecule has 0 aliphatic heterocycles. The summed E-state index contributed by atoms with van der Waals surface area (Å²) in [5, 5.41) is 0. The molecular weight excluding hydrogens is 504 g/mol. The molecule has 1 unspecified atom stereocenters. The number of nitrogens with one attached hydrogen (secondary N) is 1. The molecule has 3 heterocycles. The van der Waals surface area contributed by atoms with Crippen molar-refractivity contribution in [2.75, 3.05) is 6.54 Å². The Morgan fingerprint density at radius 1 is 0.667 bits per heavy atom. The second-order valence-electron chi connectivity index (χ2n) is 9.98. The summed E-state index contributed by atoms with van der Waals surface area (Å²) >= 11 is 0. The highest BCUT2D eigenvalue weighted by Gasteiger charge is 2.21. The fraction of sp³-hybridized carbons (Fsp3) is 0.219. The van der Waals surface area contributed by atoms with E-state index in [1.54, 1.807) is 24.3 Å². The maximum atomic E-state index is 12.9. The first-order valence-corrected chi connectivity index (χ1v) is 14.7. The summed E-state index contributed by atoms with van der Waals surface area (Å²) in [6.07, 6.45) is 0.590. The lowest BCUT2D eigenvalue weighted by Gasteiger charge is -2.22. The summed E-state index contributed by atoms with van der Waals surface area (Å²) in [5.74, 6) is 1.65. The first-order chi connectivity index (χ1) is 18.7. The average Bonchev–Trinajstić information content (AvgIpc) is 3.46. The minimum atomic E-state index is -3.60. The van der Waals surface area contributed by atoms with Crippen LogP contribution in [0.25, 0.3) is 11.6 Å². The van der Waals surface area contributed by atoms with Crippen LogP contribution in [-0.2, 0) is 10.0 Å². The predicted molar refractivity (Wildman–Crippen MR) is 156 cm³/mol. The number of sulfonamides is 1. The standard InChI is InChI=1S/C32H34N4O2S/c1-23-15-16-24(2)35(23)31-21-28(22-32(34-31)36-25(3)17-18-26(36)4)30(27-11-7-5-8-12-27)19-20-33-39(37,38)29-13-9-6-10-14-29/h5-18,21-22,30,33H,19-20H2,1-4H3. The van der Waals surface area contributed by atoms with Crippen LogP contribution in [0.1, 0.15) is 46.2 Å². The monoisotopic (exact) mass is 538 g/mol. The number of benzene rings is 2. The molecule has 0 bridgehead atoms. The summed E-state index contributed by atoms with van der Waals surface area (Å²) in [7, 11) is -3.60. The van der Waals surface area contributed by atoms with E-state index in [0.717, 1.165) is 45.5 Å². The molecule has 5 rings (SSSR count). The van der Waals surface area contributed by atoms with Crippen molar-refractivity contribution in [1.82, 2.24) is 18.8 Å². The number of hydrogen-bond donors (Lipinski definition) is 1. The zero-order valence-electron chi connectivity index (χ0n) is 22.8. The van der Waals surface area contributed by atoms with Gasteiger partial charge in [-0.25, -0.2) is 18.1 Å². The third-order valence-corrected chi connectivity index (χ3v) is 8.68. The average molecular weight is 539 g/mol. The molecular formula is C32H34N4O2S. The minimum Gasteiger partial charge on any atom is -0.303 e. The molecule has 0 fully saturated rings. The Balaban J connectivity index is 1.58. The third-order valence-electron chi connectivity index (χ3n) is 7.20. The van der Waals surface area contributed by atoms with Gasteiger partial charge in [0, 0.05) is 35.2 Å². The molecule has 1 N–H and O–H groups in total. The number of aryl methyl sites for hydroxylation is 4. The van der Waals surface area contributed by atoms with Crippen LogP contribution in [0.15, 0.2) is 102 Å². The molecule has 2 aromatic carbocycles. The van der Waals surface area contributed by atoms with E-state index < -0.39 is 10.0 Å². The largest absolute Gasteiger partial charge is 0.303 e. The van der Waals surface area contributed by atoms with Crippen LogP contribution in [0.4, 0.5) is 0 Å². The van der Waals surface area contributed by atoms with Crippen molar-refractivity contribution in [1.29, 1.82) is 0 Å². The summed E-state index contributed by atoms with van der Waals surface area (Å²) in [6, 6.07) is 31.5. The molecule has 39 heavy (non-hydrogen) atoms. The topological polar surface area (TPSA) is 68.9 Å². The van der Waals surface area contributed by atoms with Crippen molar-refractivity contribution in [3.8, 4) is 11.6 Å². The SMILES string of the molecule is Cc1ccc(C)n1-c1cc(C(CCNS(=O)(=O)c2ccccc2)c2ccccc2)cc(-n2c(C)ccc2C)n1. The molecule has 200 valence electrons. The van der Waals surface area contributed by atoms with Crippen molar-refractivity contribution >= 4 is 10.0 Å². The van der Waals surface area contributed by atoms with E-state index in [4.69, 9.17) is 4.98 Å². The Morgan fingerprint density at radius 2 is 1.13 bits per heavy atom. The summed E-state index contributed by atoms with van der Waals surface area (Å²) in [6.45, 7) is 8.63. The van der Waals surface area contributed by atoms with Crippen LogP contribution >= 0.6 is 0 Å². The molecule has 0 saturated heterocycles. The zero-order chi connectivity index (χ0) is 27.6. The van der Waals surface area contributed by atoms with Gasteiger partial charge >= 0.3 is 0 Å². The number of nitrogens with zero attached hydrogens (tertiary/aromatic N) is 3. The Hall–Kier alpha value is -3.94. The Kier molecular flexibility index (Phi) is 7.55. The van der Waals surface area contributed by atoms with E-state index in [2.05, 4.69) is 90.1 Å². The normalized spacial score (nSPS) is 12.5. The van der Waals surface area contributed by atoms with Crippen molar-refractivity contribution in [3.05, 3.63) is 131 Å². The maximum Gasteiger partial charge on any atom is 0.240 e. The molecule has 3 aromatic heterocycles. The van der Waals surface area contributed by atoms with Crippen LogP contribution < -0.4 is 4.72 Å². The van der Waals surface area contributed by atoms with Gasteiger partial charge in [0.1, 0.15) is 11.6 Å². The van der Waals surface area contributed by atoms with E-state index in [1.165, 1.54) is 0 Å². The first kappa shape index (κ1) is 26.7. The van der Waals surface area contributed by atoms with E-state index in [-0.39, 0.29) is 10.8 Å². The van der Waals surface area contributed by atoms with Crippen molar-refractivity contribution in [3.63, 3.8) is 0 Å². The molecule has 0 aliphatic carbocycles. The number of hydrogen-bond acceptors (Lipinski definition) is 3. The highest BCUT2D eigenvalue weighted by Crippen LogP contribution is 2.32. The van der Waals surface area contributed by atoms with Gasteiger partial charge < -0.3 is 9.13 Å². The van der Waals surface area contributed by atoms with E-state index in [0.29, 0.717) is 13.0 Å². The lowest BCUT2D eigenvalue weighted by atomic mass is 9.89. The van der Waals surface area contributed by atoms with Gasteiger partial charge in [0.2, 0.25) is 10.0 Å². The van der Waals surface area contributed by atoms with Gasteiger partial charge in [-0.1, -0.05) is 48.5 Å². The van der Waals surface area contributed by atoms with Crippen molar-refractivity contribution in [2.24, 2.45) is 0 Å². The summed E-state index contributed by atoms with van der Waals surface area (Å²) in [4.78, 5) is 5.38. The lowest BCUT2D eigenvalue weighted by Crippen LogP contribution is -2.26. The molecule has 0 spiro atoms. The highest BCUT2D eigenvalue weighted by molar-refractivity contribution is 7.89. The van der Waals surface area contributed by atoms with Gasteiger partial charge in [0.25, 0.3) is 0 Å². The second kappa shape index (κ2) is 11.0. The Morgan fingerprint density at radius 3 is 1.62 bits per heavy atom. The van der Waals surface area contributed by atoms with Crippen LogP contribution in [0.3, 0.4) is 0 Å². The highest BCUT2D eigenvalue weighted by atomic mass is 32.2. The molecule has 7 heteroatoms. The molecule has 0 radical (unpaired) electrons. The zero-order valence-corrected chi connectivity index (χ0v) is 23.6. The number of aromatic nitrogens is 3. The van der Waals surface area contributed by atoms with Crippen LogP contribution in [0.5, 0.6) is 0 Å². The van der Waals surface area contributed by atoms with Gasteiger partial charge in [0.15, 0.2) is 0 Å². The number of rotatable bonds is 9. The van der Waals surface area contributed by atoms with Crippen LogP contribution in [-0.4, -0.2) is 29.1 Å². The quantitative estimate of drug-likeness (QED) is 0.236. The van der Waals surface area contributed by atoms with Gasteiger partial charge in [-0.3, -0.25) is 0 Å². The molecule has 0 aliphatic rings. The fourth-order valence-electron chi connectivity index (χ4n) is 5.24. The molecule has 6 nitrogen and oxygen atoms in total. The van der Waals surface area contributed by atoms with E-state index in [1.807, 2.05) is 24.3 Å². The first-order valence-electron chi connectivity index (χ1n) is 13.2. The van der Waals surface area contributed by atoms with Crippen LogP contribution in [0.2, 0.25) is 0 Å². The lowest BCUT2D eigenvalue weighted by molar-refractivity contribution is 0.575. The summed E-state index contributed by atoms with van der Waals surface area (Å²) < 4.78 is 33.0. The van der Waals surface area contributed by atoms with Crippen molar-refractivity contribution in [2.45, 2.75) is 44.9 Å². The maximum absolute atomic E-state index is 12.9. The van der Waals surface area contributed by atoms with Crippen molar-refractivity contribution < 1.29 is 8.42 Å². The van der Waals surface area contributed by atoms with E-state index in [9.17, 15) is 8.42 Å². The number of pyridine rings is 1. The third kappa shape index (κ3) is 5.60. The van der Waals surface area contributed by atoms with Gasteiger partial charge in [0.05, 0.1) is 4.90 Å². The fourth-order valence-corrected chi connectivity index (χ4v) is 6.31. The summed E-state index contributed by atoms with van der Waals surface area (Å²) in [5.41, 5.74) is 6.64. The van der Waals surface area contributed by atoms with Gasteiger partial charge in [-0.2, -0.15) is 0 Å². The molecule has 0 saturated carbocycles. The molecule has 5 aromatic rings. The van der Waals surface area contributed by atoms with Gasteiger partial charge in [-0.05, 0) is 93.8 Å². The Bertz CT molecular complexity index is 1580. The minimum absolute atomic E-state index is 0.0440.